The van der Waals surface area contributed by atoms with Crippen LogP contribution in [0.25, 0.3) is 10.8 Å². The number of benzene rings is 1. The van der Waals surface area contributed by atoms with Gasteiger partial charge in [-0.3, -0.25) is 4.79 Å². The molecule has 0 fully saturated rings. The van der Waals surface area contributed by atoms with Gasteiger partial charge >= 0.3 is 0 Å². The molecule has 1 aromatic heterocycles. The number of allylic oxidation sites excluding steroid dienone is 2. The van der Waals surface area contributed by atoms with Crippen LogP contribution in [0.2, 0.25) is 5.15 Å². The summed E-state index contributed by atoms with van der Waals surface area (Å²) in [5, 5.41) is 5.80. The van der Waals surface area contributed by atoms with Crippen LogP contribution in [0, 0.1) is 0 Å². The van der Waals surface area contributed by atoms with Crippen molar-refractivity contribution in [2.45, 2.75) is 12.8 Å². The summed E-state index contributed by atoms with van der Waals surface area (Å²) in [4.78, 5) is 15.3. The fourth-order valence-electron chi connectivity index (χ4n) is 2.12. The second kappa shape index (κ2) is 4.42. The third-order valence-corrected chi connectivity index (χ3v) is 3.21. The number of fused-ring (bicyclic) bond motifs is 1. The number of nitrogens with zero attached hydrogens (tertiary/aromatic N) is 1. The standard InChI is InChI=1S/C14H11ClN2O/c15-14-7-12-9(8-16-14)2-1-3-13(12)17-10-4-5-11(18)6-10/h1-3,6-8,17H,4-5H2. The van der Waals surface area contributed by atoms with Crippen molar-refractivity contribution in [1.29, 1.82) is 0 Å². The number of hydrogen-bond donors (Lipinski definition) is 1. The van der Waals surface area contributed by atoms with Crippen LogP contribution in [0.15, 0.2) is 42.2 Å². The quantitative estimate of drug-likeness (QED) is 0.838. The SMILES string of the molecule is O=C1C=C(Nc2cccc3cnc(Cl)cc23)CC1. The van der Waals surface area contributed by atoms with Crippen LogP contribution in [-0.4, -0.2) is 10.8 Å². The Hall–Kier alpha value is -1.87. The highest BCUT2D eigenvalue weighted by Gasteiger charge is 2.12. The molecule has 0 saturated heterocycles. The average Bonchev–Trinajstić information content (AvgIpc) is 2.76. The first-order valence-electron chi connectivity index (χ1n) is 5.77. The first-order chi connectivity index (χ1) is 8.72. The van der Waals surface area contributed by atoms with E-state index in [4.69, 9.17) is 11.6 Å². The smallest absolute Gasteiger partial charge is 0.157 e. The molecule has 4 heteroatoms. The van der Waals surface area contributed by atoms with E-state index in [-0.39, 0.29) is 5.78 Å². The molecule has 3 nitrogen and oxygen atoms in total. The van der Waals surface area contributed by atoms with Gasteiger partial charge in [-0.1, -0.05) is 23.7 Å². The Balaban J connectivity index is 2.03. The number of nitrogens with one attached hydrogen (secondary N) is 1. The van der Waals surface area contributed by atoms with Crippen molar-refractivity contribution in [2.24, 2.45) is 0 Å². The van der Waals surface area contributed by atoms with Crippen molar-refractivity contribution < 1.29 is 4.79 Å². The number of halogens is 1. The fraction of sp³-hybridized carbons (Fsp3) is 0.143. The maximum Gasteiger partial charge on any atom is 0.157 e. The Bertz CT molecular complexity index is 664. The molecule has 0 bridgehead atoms. The zero-order valence-corrected chi connectivity index (χ0v) is 10.4. The largest absolute Gasteiger partial charge is 0.358 e. The van der Waals surface area contributed by atoms with Crippen molar-refractivity contribution in [2.75, 3.05) is 5.32 Å². The van der Waals surface area contributed by atoms with Gasteiger partial charge in [0.05, 0.1) is 0 Å². The lowest BCUT2D eigenvalue weighted by atomic mass is 10.1. The number of carbonyl (C=O) groups is 1. The van der Waals surface area contributed by atoms with Crippen LogP contribution < -0.4 is 5.32 Å². The number of ketones is 1. The molecular weight excluding hydrogens is 248 g/mol. The third kappa shape index (κ3) is 2.09. The normalized spacial score (nSPS) is 14.9. The highest BCUT2D eigenvalue weighted by Crippen LogP contribution is 2.27. The molecule has 1 aliphatic rings. The van der Waals surface area contributed by atoms with Crippen LogP contribution in [-0.2, 0) is 4.79 Å². The van der Waals surface area contributed by atoms with E-state index in [1.807, 2.05) is 24.3 Å². The van der Waals surface area contributed by atoms with Gasteiger partial charge in [0.25, 0.3) is 0 Å². The van der Waals surface area contributed by atoms with Gasteiger partial charge in [0.2, 0.25) is 0 Å². The molecule has 0 radical (unpaired) electrons. The number of aromatic nitrogens is 1. The second-order valence-corrected chi connectivity index (χ2v) is 4.68. The Labute approximate surface area is 109 Å². The summed E-state index contributed by atoms with van der Waals surface area (Å²) < 4.78 is 0. The first kappa shape index (κ1) is 11.2. The van der Waals surface area contributed by atoms with Crippen LogP contribution in [0.3, 0.4) is 0 Å². The zero-order chi connectivity index (χ0) is 12.5. The van der Waals surface area contributed by atoms with E-state index in [1.165, 1.54) is 0 Å². The summed E-state index contributed by atoms with van der Waals surface area (Å²) >= 11 is 5.92. The van der Waals surface area contributed by atoms with E-state index in [0.717, 1.165) is 28.6 Å². The van der Waals surface area contributed by atoms with Gasteiger partial charge in [-0.05, 0) is 18.6 Å². The summed E-state index contributed by atoms with van der Waals surface area (Å²) in [5.74, 6) is 0.178. The number of rotatable bonds is 2. The number of pyridine rings is 1. The summed E-state index contributed by atoms with van der Waals surface area (Å²) in [6, 6.07) is 7.74. The van der Waals surface area contributed by atoms with Crippen LogP contribution in [0.4, 0.5) is 5.69 Å². The molecule has 2 aromatic rings. The van der Waals surface area contributed by atoms with E-state index in [2.05, 4.69) is 10.3 Å². The molecule has 3 rings (SSSR count). The molecule has 0 unspecified atom stereocenters. The lowest BCUT2D eigenvalue weighted by Gasteiger charge is -2.10. The van der Waals surface area contributed by atoms with Crippen molar-refractivity contribution in [3.8, 4) is 0 Å². The van der Waals surface area contributed by atoms with Gasteiger partial charge in [-0.25, -0.2) is 4.98 Å². The van der Waals surface area contributed by atoms with E-state index in [0.29, 0.717) is 11.6 Å². The van der Waals surface area contributed by atoms with Crippen molar-refractivity contribution in [1.82, 2.24) is 4.98 Å². The van der Waals surface area contributed by atoms with Gasteiger partial charge in [0.1, 0.15) is 5.15 Å². The number of hydrogen-bond acceptors (Lipinski definition) is 3. The minimum atomic E-state index is 0.178. The van der Waals surface area contributed by atoms with Crippen molar-refractivity contribution in [3.05, 3.63) is 47.4 Å². The number of anilines is 1. The molecule has 0 spiro atoms. The minimum absolute atomic E-state index is 0.178. The van der Waals surface area contributed by atoms with E-state index in [1.54, 1.807) is 12.3 Å². The van der Waals surface area contributed by atoms with Crippen LogP contribution >= 0.6 is 11.6 Å². The van der Waals surface area contributed by atoms with E-state index in [9.17, 15) is 4.79 Å². The summed E-state index contributed by atoms with van der Waals surface area (Å²) in [6.07, 6.45) is 4.78. The Kier molecular flexibility index (Phi) is 2.76. The molecule has 1 aromatic carbocycles. The summed E-state index contributed by atoms with van der Waals surface area (Å²) in [5.41, 5.74) is 1.91. The van der Waals surface area contributed by atoms with E-state index >= 15 is 0 Å². The Morgan fingerprint density at radius 3 is 2.94 bits per heavy atom. The maximum absolute atomic E-state index is 11.2. The fourth-order valence-corrected chi connectivity index (χ4v) is 2.28. The molecule has 0 aliphatic heterocycles. The van der Waals surface area contributed by atoms with Gasteiger partial charge in [0.15, 0.2) is 5.78 Å². The lowest BCUT2D eigenvalue weighted by molar-refractivity contribution is -0.114. The Morgan fingerprint density at radius 1 is 1.28 bits per heavy atom. The molecule has 0 saturated carbocycles. The molecular formula is C14H11ClN2O. The van der Waals surface area contributed by atoms with E-state index < -0.39 is 0 Å². The maximum atomic E-state index is 11.2. The third-order valence-electron chi connectivity index (χ3n) is 3.00. The van der Waals surface area contributed by atoms with Gasteiger partial charge in [-0.2, -0.15) is 0 Å². The van der Waals surface area contributed by atoms with Crippen molar-refractivity contribution in [3.63, 3.8) is 0 Å². The highest BCUT2D eigenvalue weighted by molar-refractivity contribution is 6.30. The first-order valence-corrected chi connectivity index (χ1v) is 6.15. The predicted molar refractivity (Wildman–Crippen MR) is 72.7 cm³/mol. The zero-order valence-electron chi connectivity index (χ0n) is 9.61. The topological polar surface area (TPSA) is 42.0 Å². The molecule has 0 amide bonds. The van der Waals surface area contributed by atoms with Gasteiger partial charge in [-0.15, -0.1) is 0 Å². The predicted octanol–water partition coefficient (Wildman–Crippen LogP) is 3.55. The average molecular weight is 259 g/mol. The van der Waals surface area contributed by atoms with Gasteiger partial charge in [0, 0.05) is 40.9 Å². The highest BCUT2D eigenvalue weighted by atomic mass is 35.5. The van der Waals surface area contributed by atoms with Crippen LogP contribution in [0.5, 0.6) is 0 Å². The Morgan fingerprint density at radius 2 is 2.17 bits per heavy atom. The number of carbonyl (C=O) groups excluding carboxylic acids is 1. The lowest BCUT2D eigenvalue weighted by Crippen LogP contribution is -1.97. The molecule has 1 aliphatic carbocycles. The monoisotopic (exact) mass is 258 g/mol. The molecule has 1 N–H and O–H groups in total. The minimum Gasteiger partial charge on any atom is -0.358 e. The molecule has 90 valence electrons. The molecule has 18 heavy (non-hydrogen) atoms. The van der Waals surface area contributed by atoms with Gasteiger partial charge < -0.3 is 5.32 Å². The summed E-state index contributed by atoms with van der Waals surface area (Å²) in [7, 11) is 0. The second-order valence-electron chi connectivity index (χ2n) is 4.29. The molecule has 1 heterocycles. The van der Waals surface area contributed by atoms with Crippen LogP contribution in [0.1, 0.15) is 12.8 Å². The molecule has 0 atom stereocenters. The van der Waals surface area contributed by atoms with Crippen molar-refractivity contribution >= 4 is 33.8 Å². The summed E-state index contributed by atoms with van der Waals surface area (Å²) in [6.45, 7) is 0.